The highest BCUT2D eigenvalue weighted by Gasteiger charge is 2.31. The number of nitrogens with one attached hydrogen (secondary N) is 1. The van der Waals surface area contributed by atoms with Crippen LogP contribution in [0.15, 0.2) is 66.7 Å². The smallest absolute Gasteiger partial charge is 0.416 e. The number of hydrogen-bond acceptors (Lipinski definition) is 2. The first kappa shape index (κ1) is 18.8. The Morgan fingerprint density at radius 2 is 1.63 bits per heavy atom. The summed E-state index contributed by atoms with van der Waals surface area (Å²) in [6.07, 6.45) is -4.51. The molecule has 3 aromatic rings. The fourth-order valence-electron chi connectivity index (χ4n) is 2.50. The van der Waals surface area contributed by atoms with Crippen LogP contribution in [0.4, 0.5) is 23.2 Å². The van der Waals surface area contributed by atoms with E-state index < -0.39 is 17.6 Å². The molecular weight excluding hydrogens is 358 g/mol. The molecule has 0 atom stereocenters. The third-order valence-electron chi connectivity index (χ3n) is 3.95. The average Bonchev–Trinajstić information content (AvgIpc) is 2.62. The van der Waals surface area contributed by atoms with Crippen LogP contribution in [-0.2, 0) is 12.7 Å². The van der Waals surface area contributed by atoms with Gasteiger partial charge in [-0.25, -0.2) is 4.39 Å². The molecule has 140 valence electrons. The van der Waals surface area contributed by atoms with Gasteiger partial charge in [-0.2, -0.15) is 13.2 Å². The normalized spacial score (nSPS) is 11.3. The molecule has 3 aromatic carbocycles. The van der Waals surface area contributed by atoms with Crippen molar-refractivity contribution in [3.8, 4) is 11.5 Å². The monoisotopic (exact) mass is 375 g/mol. The number of aryl methyl sites for hydroxylation is 1. The summed E-state index contributed by atoms with van der Waals surface area (Å²) in [6, 6.07) is 16.8. The number of halogens is 4. The van der Waals surface area contributed by atoms with Crippen molar-refractivity contribution >= 4 is 5.69 Å². The number of benzene rings is 3. The Morgan fingerprint density at radius 3 is 2.33 bits per heavy atom. The van der Waals surface area contributed by atoms with Crippen LogP contribution in [0.25, 0.3) is 0 Å². The van der Waals surface area contributed by atoms with Crippen LogP contribution in [0.2, 0.25) is 0 Å². The van der Waals surface area contributed by atoms with E-state index in [1.54, 1.807) is 24.3 Å². The molecule has 3 rings (SSSR count). The Hall–Kier alpha value is -3.02. The molecule has 0 aliphatic heterocycles. The van der Waals surface area contributed by atoms with Crippen LogP contribution in [0, 0.1) is 12.7 Å². The molecule has 6 heteroatoms. The molecular formula is C21H17F4NO. The van der Waals surface area contributed by atoms with Crippen molar-refractivity contribution in [1.29, 1.82) is 0 Å². The maximum atomic E-state index is 13.8. The highest BCUT2D eigenvalue weighted by molar-refractivity contribution is 5.49. The first-order chi connectivity index (χ1) is 12.8. The molecule has 0 saturated carbocycles. The Kier molecular flexibility index (Phi) is 5.35. The van der Waals surface area contributed by atoms with Crippen LogP contribution in [-0.4, -0.2) is 0 Å². The van der Waals surface area contributed by atoms with Crippen molar-refractivity contribution in [2.24, 2.45) is 0 Å². The first-order valence-corrected chi connectivity index (χ1v) is 8.25. The number of alkyl halides is 3. The zero-order valence-electron chi connectivity index (χ0n) is 14.5. The molecule has 0 spiro atoms. The predicted molar refractivity (Wildman–Crippen MR) is 96.4 cm³/mol. The lowest BCUT2D eigenvalue weighted by Gasteiger charge is -2.12. The average molecular weight is 375 g/mol. The van der Waals surface area contributed by atoms with Crippen molar-refractivity contribution in [2.75, 3.05) is 5.32 Å². The van der Waals surface area contributed by atoms with Gasteiger partial charge in [-0.3, -0.25) is 0 Å². The summed E-state index contributed by atoms with van der Waals surface area (Å²) >= 11 is 0. The molecule has 0 heterocycles. The minimum atomic E-state index is -4.51. The summed E-state index contributed by atoms with van der Waals surface area (Å²) in [6.45, 7) is 1.89. The maximum absolute atomic E-state index is 13.8. The van der Waals surface area contributed by atoms with Crippen LogP contribution >= 0.6 is 0 Å². The zero-order valence-corrected chi connectivity index (χ0v) is 14.5. The summed E-state index contributed by atoms with van der Waals surface area (Å²) in [4.78, 5) is 0. The van der Waals surface area contributed by atoms with Gasteiger partial charge in [0.2, 0.25) is 0 Å². The molecule has 27 heavy (non-hydrogen) atoms. The highest BCUT2D eigenvalue weighted by atomic mass is 19.4. The van der Waals surface area contributed by atoms with Gasteiger partial charge < -0.3 is 10.1 Å². The van der Waals surface area contributed by atoms with Crippen LogP contribution in [0.1, 0.15) is 16.7 Å². The van der Waals surface area contributed by atoms with Gasteiger partial charge in [-0.05, 0) is 49.4 Å². The standard InChI is InChI=1S/C21H17F4NO/c1-14-5-8-18(9-6-14)27-19-4-2-3-17(12-19)26-13-15-11-16(21(23,24)25)7-10-20(15)22/h2-12,26H,13H2,1H3. The van der Waals surface area contributed by atoms with E-state index in [0.29, 0.717) is 17.2 Å². The molecule has 0 unspecified atom stereocenters. The van der Waals surface area contributed by atoms with Gasteiger partial charge in [-0.1, -0.05) is 23.8 Å². The minimum Gasteiger partial charge on any atom is -0.457 e. The summed E-state index contributed by atoms with van der Waals surface area (Å²) in [5.74, 6) is 0.539. The van der Waals surface area contributed by atoms with Gasteiger partial charge in [-0.15, -0.1) is 0 Å². The van der Waals surface area contributed by atoms with Crippen LogP contribution in [0.3, 0.4) is 0 Å². The number of anilines is 1. The van der Waals surface area contributed by atoms with Gasteiger partial charge in [0.05, 0.1) is 5.56 Å². The highest BCUT2D eigenvalue weighted by Crippen LogP contribution is 2.31. The largest absolute Gasteiger partial charge is 0.457 e. The second-order valence-corrected chi connectivity index (χ2v) is 6.10. The first-order valence-electron chi connectivity index (χ1n) is 8.25. The summed E-state index contributed by atoms with van der Waals surface area (Å²) in [7, 11) is 0. The van der Waals surface area contributed by atoms with Crippen molar-refractivity contribution in [3.05, 3.63) is 89.2 Å². The molecule has 0 aromatic heterocycles. The SMILES string of the molecule is Cc1ccc(Oc2cccc(NCc3cc(C(F)(F)F)ccc3F)c2)cc1. The second kappa shape index (κ2) is 7.70. The number of hydrogen-bond donors (Lipinski definition) is 1. The Labute approximate surface area is 154 Å². The van der Waals surface area contributed by atoms with E-state index in [1.165, 1.54) is 0 Å². The number of ether oxygens (including phenoxy) is 1. The van der Waals surface area contributed by atoms with E-state index >= 15 is 0 Å². The molecule has 0 aliphatic rings. The van der Waals surface area contributed by atoms with Crippen molar-refractivity contribution in [3.63, 3.8) is 0 Å². The molecule has 0 amide bonds. The quantitative estimate of drug-likeness (QED) is 0.510. The number of rotatable bonds is 5. The summed E-state index contributed by atoms with van der Waals surface area (Å²) in [5, 5.41) is 2.93. The van der Waals surface area contributed by atoms with E-state index in [-0.39, 0.29) is 12.1 Å². The van der Waals surface area contributed by atoms with Gasteiger partial charge in [0.15, 0.2) is 0 Å². The second-order valence-electron chi connectivity index (χ2n) is 6.10. The van der Waals surface area contributed by atoms with E-state index in [4.69, 9.17) is 4.74 Å². The van der Waals surface area contributed by atoms with E-state index in [0.717, 1.165) is 23.8 Å². The maximum Gasteiger partial charge on any atom is 0.416 e. The lowest BCUT2D eigenvalue weighted by molar-refractivity contribution is -0.137. The fraction of sp³-hybridized carbons (Fsp3) is 0.143. The van der Waals surface area contributed by atoms with Gasteiger partial charge in [0.1, 0.15) is 17.3 Å². The predicted octanol–water partition coefficient (Wildman–Crippen LogP) is 6.56. The van der Waals surface area contributed by atoms with Crippen LogP contribution in [0.5, 0.6) is 11.5 Å². The fourth-order valence-corrected chi connectivity index (χ4v) is 2.50. The Bertz CT molecular complexity index is 920. The lowest BCUT2D eigenvalue weighted by Crippen LogP contribution is -2.08. The topological polar surface area (TPSA) is 21.3 Å². The summed E-state index contributed by atoms with van der Waals surface area (Å²) < 4.78 is 57.9. The Balaban J connectivity index is 1.71. The molecule has 0 radical (unpaired) electrons. The molecule has 0 fully saturated rings. The lowest BCUT2D eigenvalue weighted by atomic mass is 10.1. The van der Waals surface area contributed by atoms with E-state index in [1.807, 2.05) is 31.2 Å². The minimum absolute atomic E-state index is 0.0605. The Morgan fingerprint density at radius 1 is 0.889 bits per heavy atom. The van der Waals surface area contributed by atoms with Crippen molar-refractivity contribution in [2.45, 2.75) is 19.6 Å². The molecule has 0 bridgehead atoms. The molecule has 0 aliphatic carbocycles. The van der Waals surface area contributed by atoms with Crippen molar-refractivity contribution in [1.82, 2.24) is 0 Å². The third kappa shape index (κ3) is 5.00. The van der Waals surface area contributed by atoms with Gasteiger partial charge in [0.25, 0.3) is 0 Å². The molecule has 2 nitrogen and oxygen atoms in total. The van der Waals surface area contributed by atoms with E-state index in [9.17, 15) is 17.6 Å². The van der Waals surface area contributed by atoms with E-state index in [2.05, 4.69) is 5.32 Å². The summed E-state index contributed by atoms with van der Waals surface area (Å²) in [5.41, 5.74) is 0.782. The van der Waals surface area contributed by atoms with Gasteiger partial charge in [0, 0.05) is 23.9 Å². The third-order valence-corrected chi connectivity index (χ3v) is 3.95. The molecule has 0 saturated heterocycles. The van der Waals surface area contributed by atoms with Crippen molar-refractivity contribution < 1.29 is 22.3 Å². The molecule has 1 N–H and O–H groups in total. The van der Waals surface area contributed by atoms with Gasteiger partial charge >= 0.3 is 6.18 Å². The van der Waals surface area contributed by atoms with Crippen LogP contribution < -0.4 is 10.1 Å². The zero-order chi connectivity index (χ0) is 19.4.